The van der Waals surface area contributed by atoms with E-state index in [1.807, 2.05) is 6.92 Å². The molecule has 1 saturated heterocycles. The van der Waals surface area contributed by atoms with E-state index in [1.54, 1.807) is 6.21 Å². The fourth-order valence-corrected chi connectivity index (χ4v) is 5.06. The molecule has 13 heteroatoms. The van der Waals surface area contributed by atoms with E-state index in [0.717, 1.165) is 9.91 Å². The maximum atomic E-state index is 13.1. The van der Waals surface area contributed by atoms with E-state index in [4.69, 9.17) is 4.74 Å². The molecule has 184 valence electrons. The summed E-state index contributed by atoms with van der Waals surface area (Å²) in [7, 11) is 0. The summed E-state index contributed by atoms with van der Waals surface area (Å²) in [5.41, 5.74) is 0.287. The first-order chi connectivity index (χ1) is 15.5. The summed E-state index contributed by atoms with van der Waals surface area (Å²) in [6.45, 7) is 0.0787. The van der Waals surface area contributed by atoms with Crippen molar-refractivity contribution in [3.8, 4) is 0 Å². The van der Waals surface area contributed by atoms with E-state index in [1.165, 1.54) is 6.21 Å². The molecule has 8 nitrogen and oxygen atoms in total. The van der Waals surface area contributed by atoms with Gasteiger partial charge in [0.2, 0.25) is 5.91 Å². The number of likely N-dealkylation sites (tertiary alicyclic amines) is 1. The Balaban J connectivity index is 1.46. The highest BCUT2D eigenvalue weighted by molar-refractivity contribution is 6.13. The molecule has 33 heavy (non-hydrogen) atoms. The molecular formula is C20H26F5N5O3. The predicted octanol–water partition coefficient (Wildman–Crippen LogP) is 1.59. The molecule has 0 spiro atoms. The van der Waals surface area contributed by atoms with Crippen LogP contribution in [0.2, 0.25) is 0 Å². The predicted molar refractivity (Wildman–Crippen MR) is 108 cm³/mol. The van der Waals surface area contributed by atoms with Gasteiger partial charge in [-0.05, 0) is 18.8 Å². The molecule has 0 radical (unpaired) electrons. The van der Waals surface area contributed by atoms with Crippen molar-refractivity contribution in [2.45, 2.75) is 56.8 Å². The number of amides is 1. The van der Waals surface area contributed by atoms with Crippen molar-refractivity contribution in [1.82, 2.24) is 9.91 Å². The summed E-state index contributed by atoms with van der Waals surface area (Å²) < 4.78 is 68.2. The van der Waals surface area contributed by atoms with Crippen LogP contribution in [0.5, 0.6) is 0 Å². The number of carbonyl (C=O) groups excluding carboxylic acids is 1. The second-order valence-corrected chi connectivity index (χ2v) is 8.99. The Kier molecular flexibility index (Phi) is 6.72. The van der Waals surface area contributed by atoms with E-state index in [-0.39, 0.29) is 42.6 Å². The first-order valence-electron chi connectivity index (χ1n) is 10.9. The minimum Gasteiger partial charge on any atom is -0.370 e. The zero-order valence-electron chi connectivity index (χ0n) is 17.9. The summed E-state index contributed by atoms with van der Waals surface area (Å²) in [6.07, 6.45) is -4.87. The van der Waals surface area contributed by atoms with Crippen LogP contribution in [0.25, 0.3) is 0 Å². The third-order valence-electron chi connectivity index (χ3n) is 6.48. The van der Waals surface area contributed by atoms with Gasteiger partial charge >= 0.3 is 6.18 Å². The zero-order valence-corrected chi connectivity index (χ0v) is 17.9. The van der Waals surface area contributed by atoms with E-state index in [2.05, 4.69) is 15.1 Å². The number of rotatable bonds is 6. The Hall–Kier alpha value is -2.15. The summed E-state index contributed by atoms with van der Waals surface area (Å²) in [5.74, 6) is -1.40. The molecule has 0 bridgehead atoms. The average Bonchev–Trinajstić information content (AvgIpc) is 3.27. The molecule has 4 heterocycles. The largest absolute Gasteiger partial charge is 0.407 e. The summed E-state index contributed by atoms with van der Waals surface area (Å²) in [6, 6.07) is -1.11. The number of alkyl halides is 5. The van der Waals surface area contributed by atoms with Crippen LogP contribution in [0.3, 0.4) is 0 Å². The van der Waals surface area contributed by atoms with Crippen LogP contribution in [0.4, 0.5) is 22.0 Å². The van der Waals surface area contributed by atoms with Crippen molar-refractivity contribution in [1.29, 1.82) is 0 Å². The molecule has 4 aliphatic heterocycles. The van der Waals surface area contributed by atoms with Crippen molar-refractivity contribution >= 4 is 24.0 Å². The lowest BCUT2D eigenvalue weighted by atomic mass is 9.78. The molecule has 4 aliphatic rings. The van der Waals surface area contributed by atoms with Gasteiger partial charge in [-0.3, -0.25) is 19.8 Å². The van der Waals surface area contributed by atoms with Crippen molar-refractivity contribution in [3.63, 3.8) is 0 Å². The Labute approximate surface area is 187 Å². The van der Waals surface area contributed by atoms with Gasteiger partial charge in [0.1, 0.15) is 13.2 Å². The standard InChI is InChI=1S/C20H26F5N5O3/c1-10-2-14(11-3-13(6-26-4-11)33-8-15(21)22)28-17-16(10)18(31)30(19(17)32)12-5-27-29(7-12)9-20(23,24)25/h4-5,10-16,19,32H,2-3,6-9H2,1H3. The SMILES string of the molecule is CC1CC(C2C=NCC(OCC(F)F)C2)N=C2C1C(=O)N(C1C=NN(CC(F)(F)F)C1)C2O. The molecule has 0 aromatic rings. The van der Waals surface area contributed by atoms with Gasteiger partial charge in [0.05, 0.1) is 42.9 Å². The van der Waals surface area contributed by atoms with Gasteiger partial charge < -0.3 is 14.7 Å². The maximum absolute atomic E-state index is 13.1. The van der Waals surface area contributed by atoms with Crippen molar-refractivity contribution in [3.05, 3.63) is 0 Å². The number of hydrazone groups is 1. The highest BCUT2D eigenvalue weighted by Gasteiger charge is 2.53. The first-order valence-corrected chi connectivity index (χ1v) is 10.9. The Bertz CT molecular complexity index is 835. The van der Waals surface area contributed by atoms with Gasteiger partial charge in [0.25, 0.3) is 6.43 Å². The number of halogens is 5. The number of fused-ring (bicyclic) bond motifs is 1. The molecule has 4 rings (SSSR count). The van der Waals surface area contributed by atoms with Gasteiger partial charge in [-0.25, -0.2) is 8.78 Å². The lowest BCUT2D eigenvalue weighted by Crippen LogP contribution is -2.47. The van der Waals surface area contributed by atoms with Gasteiger partial charge in [-0.1, -0.05) is 6.92 Å². The van der Waals surface area contributed by atoms with Gasteiger partial charge in [-0.15, -0.1) is 0 Å². The van der Waals surface area contributed by atoms with Crippen LogP contribution in [-0.4, -0.2) is 102 Å². The summed E-state index contributed by atoms with van der Waals surface area (Å²) >= 11 is 0. The fourth-order valence-electron chi connectivity index (χ4n) is 5.06. The number of carbonyl (C=O) groups is 1. The minimum atomic E-state index is -4.43. The molecule has 0 aliphatic carbocycles. The molecule has 1 fully saturated rings. The van der Waals surface area contributed by atoms with E-state index in [9.17, 15) is 31.9 Å². The van der Waals surface area contributed by atoms with Gasteiger partial charge in [-0.2, -0.15) is 18.3 Å². The Morgan fingerprint density at radius 2 is 2.03 bits per heavy atom. The smallest absolute Gasteiger partial charge is 0.370 e. The molecule has 1 N–H and O–H groups in total. The minimum absolute atomic E-state index is 0.168. The van der Waals surface area contributed by atoms with Gasteiger partial charge in [0, 0.05) is 18.3 Å². The van der Waals surface area contributed by atoms with Crippen molar-refractivity contribution in [2.75, 3.05) is 26.2 Å². The molecule has 0 aromatic carbocycles. The van der Waals surface area contributed by atoms with Crippen molar-refractivity contribution in [2.24, 2.45) is 32.8 Å². The second-order valence-electron chi connectivity index (χ2n) is 8.99. The quantitative estimate of drug-likeness (QED) is 0.586. The van der Waals surface area contributed by atoms with E-state index >= 15 is 0 Å². The number of aliphatic imine (C=N–C) groups is 2. The summed E-state index contributed by atoms with van der Waals surface area (Å²) in [4.78, 5) is 23.1. The van der Waals surface area contributed by atoms with Crippen LogP contribution >= 0.6 is 0 Å². The molecule has 1 amide bonds. The number of hydrogen-bond donors (Lipinski definition) is 1. The third-order valence-corrected chi connectivity index (χ3v) is 6.48. The molecule has 0 aromatic heterocycles. The third kappa shape index (κ3) is 5.18. The first kappa shape index (κ1) is 24.0. The van der Waals surface area contributed by atoms with E-state index < -0.39 is 50.0 Å². The number of aliphatic hydroxyl groups is 1. The Morgan fingerprint density at radius 3 is 2.73 bits per heavy atom. The molecular weight excluding hydrogens is 453 g/mol. The molecule has 7 atom stereocenters. The number of hydrogen-bond acceptors (Lipinski definition) is 7. The fraction of sp³-hybridized carbons (Fsp3) is 0.800. The monoisotopic (exact) mass is 479 g/mol. The van der Waals surface area contributed by atoms with Gasteiger partial charge in [0.15, 0.2) is 6.23 Å². The molecule has 7 unspecified atom stereocenters. The number of ether oxygens (including phenoxy) is 1. The zero-order chi connectivity index (χ0) is 23.9. The number of aliphatic hydroxyl groups excluding tert-OH is 1. The lowest BCUT2D eigenvalue weighted by Gasteiger charge is -2.34. The average molecular weight is 479 g/mol. The summed E-state index contributed by atoms with van der Waals surface area (Å²) in [5, 5.41) is 15.5. The highest BCUT2D eigenvalue weighted by Crippen LogP contribution is 2.39. The topological polar surface area (TPSA) is 90.1 Å². The second kappa shape index (κ2) is 9.24. The maximum Gasteiger partial charge on any atom is 0.407 e. The molecule has 0 saturated carbocycles. The Morgan fingerprint density at radius 1 is 1.27 bits per heavy atom. The highest BCUT2D eigenvalue weighted by atomic mass is 19.4. The van der Waals surface area contributed by atoms with Crippen molar-refractivity contribution < 1.29 is 36.6 Å². The van der Waals surface area contributed by atoms with Crippen LogP contribution in [0.1, 0.15) is 19.8 Å². The lowest BCUT2D eigenvalue weighted by molar-refractivity contribution is -0.147. The van der Waals surface area contributed by atoms with Crippen LogP contribution in [0, 0.1) is 17.8 Å². The van der Waals surface area contributed by atoms with Crippen LogP contribution < -0.4 is 0 Å². The van der Waals surface area contributed by atoms with E-state index in [0.29, 0.717) is 12.8 Å². The van der Waals surface area contributed by atoms with Crippen LogP contribution in [-0.2, 0) is 9.53 Å². The van der Waals surface area contributed by atoms with Crippen LogP contribution in [0.15, 0.2) is 15.1 Å². The number of nitrogens with zero attached hydrogens (tertiary/aromatic N) is 5. The normalized spacial score (nSPS) is 36.7.